The predicted molar refractivity (Wildman–Crippen MR) is 114 cm³/mol. The van der Waals surface area contributed by atoms with Gasteiger partial charge in [0.25, 0.3) is 5.91 Å². The van der Waals surface area contributed by atoms with Gasteiger partial charge < -0.3 is 15.5 Å². The van der Waals surface area contributed by atoms with Gasteiger partial charge in [-0.3, -0.25) is 9.59 Å². The SMILES string of the molecule is O=C(CNc1cccc(Cl)c1Cl)Nc1cccc(C(=O)N2CCCCCC2)c1. The molecule has 1 heterocycles. The second kappa shape index (κ2) is 9.80. The average Bonchev–Trinajstić information content (AvgIpc) is 2.98. The molecule has 5 nitrogen and oxygen atoms in total. The molecule has 0 bridgehead atoms. The normalized spacial score (nSPS) is 14.3. The van der Waals surface area contributed by atoms with E-state index in [1.54, 1.807) is 42.5 Å². The van der Waals surface area contributed by atoms with Crippen LogP contribution in [0.3, 0.4) is 0 Å². The molecule has 2 N–H and O–H groups in total. The molecule has 7 heteroatoms. The minimum Gasteiger partial charge on any atom is -0.375 e. The van der Waals surface area contributed by atoms with E-state index < -0.39 is 0 Å². The van der Waals surface area contributed by atoms with Crippen molar-refractivity contribution < 1.29 is 9.59 Å². The molecule has 0 unspecified atom stereocenters. The van der Waals surface area contributed by atoms with Crippen LogP contribution in [0.5, 0.6) is 0 Å². The molecule has 28 heavy (non-hydrogen) atoms. The second-order valence-electron chi connectivity index (χ2n) is 6.79. The first-order chi connectivity index (χ1) is 13.5. The summed E-state index contributed by atoms with van der Waals surface area (Å²) in [4.78, 5) is 26.9. The number of rotatable bonds is 5. The number of anilines is 2. The summed E-state index contributed by atoms with van der Waals surface area (Å²) in [6, 6.07) is 12.2. The maximum atomic E-state index is 12.7. The first-order valence-corrected chi connectivity index (χ1v) is 10.2. The van der Waals surface area contributed by atoms with Crippen LogP contribution in [0.1, 0.15) is 36.0 Å². The lowest BCUT2D eigenvalue weighted by Crippen LogP contribution is -2.31. The number of hydrogen-bond donors (Lipinski definition) is 2. The van der Waals surface area contributed by atoms with Crippen LogP contribution >= 0.6 is 23.2 Å². The van der Waals surface area contributed by atoms with E-state index in [9.17, 15) is 9.59 Å². The lowest BCUT2D eigenvalue weighted by Gasteiger charge is -2.20. The van der Waals surface area contributed by atoms with Gasteiger partial charge in [0, 0.05) is 24.3 Å². The second-order valence-corrected chi connectivity index (χ2v) is 7.58. The fourth-order valence-corrected chi connectivity index (χ4v) is 3.57. The fourth-order valence-electron chi connectivity index (χ4n) is 3.21. The summed E-state index contributed by atoms with van der Waals surface area (Å²) in [5, 5.41) is 6.57. The van der Waals surface area contributed by atoms with Gasteiger partial charge in [-0.05, 0) is 43.2 Å². The number of nitrogens with one attached hydrogen (secondary N) is 2. The number of hydrogen-bond acceptors (Lipinski definition) is 3. The number of amides is 2. The van der Waals surface area contributed by atoms with Crippen molar-refractivity contribution in [2.75, 3.05) is 30.3 Å². The number of carbonyl (C=O) groups is 2. The Morgan fingerprint density at radius 2 is 1.68 bits per heavy atom. The van der Waals surface area contributed by atoms with Crippen molar-refractivity contribution in [1.29, 1.82) is 0 Å². The van der Waals surface area contributed by atoms with E-state index >= 15 is 0 Å². The highest BCUT2D eigenvalue weighted by Crippen LogP contribution is 2.29. The molecule has 2 aromatic carbocycles. The molecule has 1 aliphatic rings. The molecule has 0 aromatic heterocycles. The Labute approximate surface area is 175 Å². The van der Waals surface area contributed by atoms with Gasteiger partial charge in [0.15, 0.2) is 0 Å². The molecule has 1 aliphatic heterocycles. The summed E-state index contributed by atoms with van der Waals surface area (Å²) in [5.41, 5.74) is 1.77. The Bertz CT molecular complexity index is 849. The van der Waals surface area contributed by atoms with Crippen LogP contribution in [0.2, 0.25) is 10.0 Å². The number of likely N-dealkylation sites (tertiary alicyclic amines) is 1. The monoisotopic (exact) mass is 419 g/mol. The quantitative estimate of drug-likeness (QED) is 0.711. The first kappa shape index (κ1) is 20.5. The summed E-state index contributed by atoms with van der Waals surface area (Å²) >= 11 is 12.1. The zero-order valence-corrected chi connectivity index (χ0v) is 17.0. The number of nitrogens with zero attached hydrogens (tertiary/aromatic N) is 1. The zero-order valence-electron chi connectivity index (χ0n) is 15.5. The van der Waals surface area contributed by atoms with E-state index in [4.69, 9.17) is 23.2 Å². The van der Waals surface area contributed by atoms with E-state index in [1.165, 1.54) is 12.8 Å². The van der Waals surface area contributed by atoms with Crippen LogP contribution in [0, 0.1) is 0 Å². The van der Waals surface area contributed by atoms with E-state index in [0.29, 0.717) is 27.0 Å². The van der Waals surface area contributed by atoms with Gasteiger partial charge in [-0.25, -0.2) is 0 Å². The Morgan fingerprint density at radius 3 is 2.43 bits per heavy atom. The van der Waals surface area contributed by atoms with Gasteiger partial charge in [0.1, 0.15) is 0 Å². The molecule has 0 atom stereocenters. The highest BCUT2D eigenvalue weighted by molar-refractivity contribution is 6.43. The fraction of sp³-hybridized carbons (Fsp3) is 0.333. The Kier molecular flexibility index (Phi) is 7.18. The Balaban J connectivity index is 1.59. The van der Waals surface area contributed by atoms with Gasteiger partial charge in [-0.2, -0.15) is 0 Å². The lowest BCUT2D eigenvalue weighted by molar-refractivity contribution is -0.114. The standard InChI is InChI=1S/C21H23Cl2N3O2/c22-17-9-6-10-18(20(17)23)24-14-19(27)25-16-8-5-7-15(13-16)21(28)26-11-3-1-2-4-12-26/h5-10,13,24H,1-4,11-12,14H2,(H,25,27). The molecule has 2 aromatic rings. The summed E-state index contributed by atoms with van der Waals surface area (Å²) in [5.74, 6) is -0.225. The first-order valence-electron chi connectivity index (χ1n) is 9.41. The molecule has 0 aliphatic carbocycles. The third-order valence-electron chi connectivity index (χ3n) is 4.68. The maximum absolute atomic E-state index is 12.7. The third kappa shape index (κ3) is 5.40. The summed E-state index contributed by atoms with van der Waals surface area (Å²) in [6.45, 7) is 1.61. The van der Waals surface area contributed by atoms with Crippen LogP contribution in [0.25, 0.3) is 0 Å². The van der Waals surface area contributed by atoms with Gasteiger partial charge in [-0.1, -0.05) is 48.2 Å². The van der Waals surface area contributed by atoms with Crippen LogP contribution < -0.4 is 10.6 Å². The van der Waals surface area contributed by atoms with Gasteiger partial charge in [0.2, 0.25) is 5.91 Å². The van der Waals surface area contributed by atoms with Crippen molar-refractivity contribution in [2.45, 2.75) is 25.7 Å². The van der Waals surface area contributed by atoms with Crippen LogP contribution in [0.4, 0.5) is 11.4 Å². The molecule has 0 saturated carbocycles. The minimum absolute atomic E-state index is 0.0156. The van der Waals surface area contributed by atoms with Crippen LogP contribution in [0.15, 0.2) is 42.5 Å². The van der Waals surface area contributed by atoms with Crippen molar-refractivity contribution in [3.63, 3.8) is 0 Å². The number of halogens is 2. The summed E-state index contributed by atoms with van der Waals surface area (Å²) in [6.07, 6.45) is 4.42. The lowest BCUT2D eigenvalue weighted by atomic mass is 10.1. The van der Waals surface area contributed by atoms with Gasteiger partial charge in [0.05, 0.1) is 22.3 Å². The zero-order chi connectivity index (χ0) is 19.9. The molecule has 1 saturated heterocycles. The molecular weight excluding hydrogens is 397 g/mol. The largest absolute Gasteiger partial charge is 0.375 e. The number of benzene rings is 2. The van der Waals surface area contributed by atoms with Crippen LogP contribution in [-0.4, -0.2) is 36.3 Å². The maximum Gasteiger partial charge on any atom is 0.253 e. The molecule has 0 radical (unpaired) electrons. The molecule has 2 amide bonds. The Morgan fingerprint density at radius 1 is 0.964 bits per heavy atom. The van der Waals surface area contributed by atoms with E-state index in [0.717, 1.165) is 25.9 Å². The predicted octanol–water partition coefficient (Wildman–Crippen LogP) is 5.06. The topological polar surface area (TPSA) is 61.4 Å². The van der Waals surface area contributed by atoms with Crippen molar-refractivity contribution in [2.24, 2.45) is 0 Å². The van der Waals surface area contributed by atoms with Crippen molar-refractivity contribution in [3.05, 3.63) is 58.1 Å². The number of carbonyl (C=O) groups excluding carboxylic acids is 2. The smallest absolute Gasteiger partial charge is 0.253 e. The highest BCUT2D eigenvalue weighted by Gasteiger charge is 2.17. The van der Waals surface area contributed by atoms with E-state index in [1.807, 2.05) is 4.90 Å². The third-order valence-corrected chi connectivity index (χ3v) is 5.50. The molecule has 1 fully saturated rings. The molecule has 3 rings (SSSR count). The summed E-state index contributed by atoms with van der Waals surface area (Å²) in [7, 11) is 0. The van der Waals surface area contributed by atoms with Crippen molar-refractivity contribution in [1.82, 2.24) is 4.90 Å². The Hall–Kier alpha value is -2.24. The van der Waals surface area contributed by atoms with Gasteiger partial charge in [-0.15, -0.1) is 0 Å². The molecular formula is C21H23Cl2N3O2. The van der Waals surface area contributed by atoms with E-state index in [-0.39, 0.29) is 18.4 Å². The van der Waals surface area contributed by atoms with Crippen molar-refractivity contribution >= 4 is 46.4 Å². The van der Waals surface area contributed by atoms with Crippen molar-refractivity contribution in [3.8, 4) is 0 Å². The average molecular weight is 420 g/mol. The molecule has 0 spiro atoms. The van der Waals surface area contributed by atoms with Crippen LogP contribution in [-0.2, 0) is 4.79 Å². The highest BCUT2D eigenvalue weighted by atomic mass is 35.5. The molecule has 148 valence electrons. The summed E-state index contributed by atoms with van der Waals surface area (Å²) < 4.78 is 0. The van der Waals surface area contributed by atoms with E-state index in [2.05, 4.69) is 10.6 Å². The minimum atomic E-state index is -0.240. The van der Waals surface area contributed by atoms with Gasteiger partial charge >= 0.3 is 0 Å².